The lowest BCUT2D eigenvalue weighted by atomic mass is 10.0. The predicted octanol–water partition coefficient (Wildman–Crippen LogP) is 3.41. The number of rotatable bonds is 2. The minimum atomic E-state index is -0.956. The largest absolute Gasteiger partial charge is 0.492 e. The van der Waals surface area contributed by atoms with Crippen molar-refractivity contribution in [2.45, 2.75) is 25.4 Å². The molecule has 0 aromatic heterocycles. The molecule has 0 saturated heterocycles. The summed E-state index contributed by atoms with van der Waals surface area (Å²) in [5.74, 6) is -0.518. The van der Waals surface area contributed by atoms with E-state index in [4.69, 9.17) is 9.84 Å². The summed E-state index contributed by atoms with van der Waals surface area (Å²) in [5, 5.41) is 9.12. The Balaban J connectivity index is 1.63. The second-order valence-corrected chi connectivity index (χ2v) is 6.34. The summed E-state index contributed by atoms with van der Waals surface area (Å²) in [5.41, 5.74) is 3.49. The van der Waals surface area contributed by atoms with Gasteiger partial charge < -0.3 is 9.84 Å². The van der Waals surface area contributed by atoms with Crippen molar-refractivity contribution >= 4 is 5.97 Å². The Morgan fingerprint density at radius 3 is 2.88 bits per heavy atom. The molecule has 2 aliphatic rings. The molecule has 0 fully saturated rings. The molecule has 0 bridgehead atoms. The maximum atomic E-state index is 13.6. The maximum absolute atomic E-state index is 13.6. The summed E-state index contributed by atoms with van der Waals surface area (Å²) in [6.45, 7) is 1.91. The number of halogens is 1. The summed E-state index contributed by atoms with van der Waals surface area (Å²) >= 11 is 0. The molecule has 0 saturated carbocycles. The molecular formula is C19H18FNO3. The van der Waals surface area contributed by atoms with Crippen LogP contribution in [0.2, 0.25) is 0 Å². The second kappa shape index (κ2) is 5.91. The fraction of sp³-hybridized carbons (Fsp3) is 0.316. The van der Waals surface area contributed by atoms with Gasteiger partial charge in [0.05, 0.1) is 5.56 Å². The third-order valence-corrected chi connectivity index (χ3v) is 4.92. The lowest BCUT2D eigenvalue weighted by molar-refractivity contribution is 0.0696. The third kappa shape index (κ3) is 2.65. The van der Waals surface area contributed by atoms with Crippen LogP contribution in [0.15, 0.2) is 36.4 Å². The van der Waals surface area contributed by atoms with E-state index < -0.39 is 5.97 Å². The molecule has 4 rings (SSSR count). The molecule has 4 nitrogen and oxygen atoms in total. The summed E-state index contributed by atoms with van der Waals surface area (Å²) in [7, 11) is 0. The fourth-order valence-electron chi connectivity index (χ4n) is 3.72. The van der Waals surface area contributed by atoms with E-state index in [9.17, 15) is 9.18 Å². The van der Waals surface area contributed by atoms with E-state index in [1.807, 2.05) is 12.1 Å². The van der Waals surface area contributed by atoms with Crippen molar-refractivity contribution in [1.82, 2.24) is 4.90 Å². The van der Waals surface area contributed by atoms with Crippen molar-refractivity contribution in [3.8, 4) is 5.75 Å². The number of hydrogen-bond acceptors (Lipinski definition) is 3. The van der Waals surface area contributed by atoms with E-state index in [1.165, 1.54) is 11.6 Å². The number of carbonyl (C=O) groups is 1. The Bertz CT molecular complexity index is 805. The number of nitrogens with zero attached hydrogens (tertiary/aromatic N) is 1. The summed E-state index contributed by atoms with van der Waals surface area (Å²) < 4.78 is 19.4. The standard InChI is InChI=1S/C19H18FNO3/c20-15-5-3-12-4-6-17(16(12)10-15)21-7-8-24-18-9-13(19(22)23)1-2-14(18)11-21/h1-3,5,9-10,17H,4,6-8,11H2,(H,22,23). The summed E-state index contributed by atoms with van der Waals surface area (Å²) in [6, 6.07) is 10.2. The zero-order valence-electron chi connectivity index (χ0n) is 13.2. The quantitative estimate of drug-likeness (QED) is 0.918. The first-order valence-corrected chi connectivity index (χ1v) is 8.13. The first-order valence-electron chi connectivity index (χ1n) is 8.13. The van der Waals surface area contributed by atoms with Gasteiger partial charge >= 0.3 is 5.97 Å². The topological polar surface area (TPSA) is 49.8 Å². The van der Waals surface area contributed by atoms with E-state index in [2.05, 4.69) is 4.90 Å². The first-order chi connectivity index (χ1) is 11.6. The van der Waals surface area contributed by atoms with Gasteiger partial charge in [0.2, 0.25) is 0 Å². The van der Waals surface area contributed by atoms with Crippen LogP contribution in [-0.4, -0.2) is 29.1 Å². The SMILES string of the molecule is O=C(O)c1ccc2c(c1)OCCN(C1CCc3ccc(F)cc31)C2. The molecule has 2 aromatic rings. The number of aryl methyl sites for hydroxylation is 1. The Morgan fingerprint density at radius 2 is 2.04 bits per heavy atom. The summed E-state index contributed by atoms with van der Waals surface area (Å²) in [4.78, 5) is 13.4. The molecule has 1 unspecified atom stereocenters. The van der Waals surface area contributed by atoms with Crippen LogP contribution in [-0.2, 0) is 13.0 Å². The molecule has 1 aliphatic heterocycles. The molecule has 2 aromatic carbocycles. The minimum Gasteiger partial charge on any atom is -0.492 e. The van der Waals surface area contributed by atoms with E-state index in [1.54, 1.807) is 18.2 Å². The number of aromatic carboxylic acids is 1. The number of benzene rings is 2. The molecule has 124 valence electrons. The van der Waals surface area contributed by atoms with Crippen LogP contribution in [0.25, 0.3) is 0 Å². The normalized spacial score (nSPS) is 20.0. The number of carboxylic acid groups (broad SMARTS) is 1. The van der Waals surface area contributed by atoms with Gasteiger partial charge in [0.15, 0.2) is 0 Å². The number of fused-ring (bicyclic) bond motifs is 2. The van der Waals surface area contributed by atoms with Gasteiger partial charge in [0.25, 0.3) is 0 Å². The number of carboxylic acids is 1. The average Bonchev–Trinajstić information content (AvgIpc) is 2.85. The first kappa shape index (κ1) is 15.1. The highest BCUT2D eigenvalue weighted by atomic mass is 19.1. The fourth-order valence-corrected chi connectivity index (χ4v) is 3.72. The van der Waals surface area contributed by atoms with Crippen LogP contribution in [0.1, 0.15) is 39.5 Å². The lowest BCUT2D eigenvalue weighted by Crippen LogP contribution is -2.29. The van der Waals surface area contributed by atoms with Gasteiger partial charge in [-0.3, -0.25) is 4.90 Å². The highest BCUT2D eigenvalue weighted by Gasteiger charge is 2.30. The average molecular weight is 327 g/mol. The van der Waals surface area contributed by atoms with Crippen molar-refractivity contribution in [1.29, 1.82) is 0 Å². The highest BCUT2D eigenvalue weighted by molar-refractivity contribution is 5.88. The van der Waals surface area contributed by atoms with Crippen LogP contribution in [0, 0.1) is 5.82 Å². The van der Waals surface area contributed by atoms with Gasteiger partial charge in [0.1, 0.15) is 18.2 Å². The molecule has 1 aliphatic carbocycles. The highest BCUT2D eigenvalue weighted by Crippen LogP contribution is 2.38. The van der Waals surface area contributed by atoms with E-state index in [0.29, 0.717) is 18.9 Å². The van der Waals surface area contributed by atoms with Crippen molar-refractivity contribution in [3.05, 3.63) is 64.5 Å². The van der Waals surface area contributed by atoms with Crippen LogP contribution in [0.4, 0.5) is 4.39 Å². The molecule has 1 N–H and O–H groups in total. The molecule has 0 amide bonds. The Hall–Kier alpha value is -2.40. The maximum Gasteiger partial charge on any atom is 0.335 e. The smallest absolute Gasteiger partial charge is 0.335 e. The van der Waals surface area contributed by atoms with Crippen molar-refractivity contribution < 1.29 is 19.0 Å². The lowest BCUT2D eigenvalue weighted by Gasteiger charge is -2.27. The van der Waals surface area contributed by atoms with Gasteiger partial charge in [-0.25, -0.2) is 9.18 Å². The third-order valence-electron chi connectivity index (χ3n) is 4.92. The van der Waals surface area contributed by atoms with Gasteiger partial charge in [0, 0.05) is 24.7 Å². The summed E-state index contributed by atoms with van der Waals surface area (Å²) in [6.07, 6.45) is 1.93. The molecule has 24 heavy (non-hydrogen) atoms. The number of hydrogen-bond donors (Lipinski definition) is 1. The van der Waals surface area contributed by atoms with E-state index in [0.717, 1.165) is 30.5 Å². The molecule has 1 heterocycles. The molecular weight excluding hydrogens is 309 g/mol. The van der Waals surface area contributed by atoms with Crippen LogP contribution >= 0.6 is 0 Å². The van der Waals surface area contributed by atoms with Crippen molar-refractivity contribution in [3.63, 3.8) is 0 Å². The van der Waals surface area contributed by atoms with Crippen LogP contribution in [0.5, 0.6) is 5.75 Å². The van der Waals surface area contributed by atoms with Crippen LogP contribution in [0.3, 0.4) is 0 Å². The van der Waals surface area contributed by atoms with E-state index in [-0.39, 0.29) is 17.4 Å². The molecule has 5 heteroatoms. The zero-order chi connectivity index (χ0) is 16.7. The van der Waals surface area contributed by atoms with Gasteiger partial charge in [-0.1, -0.05) is 12.1 Å². The van der Waals surface area contributed by atoms with Crippen molar-refractivity contribution in [2.24, 2.45) is 0 Å². The van der Waals surface area contributed by atoms with Gasteiger partial charge in [-0.15, -0.1) is 0 Å². The van der Waals surface area contributed by atoms with Crippen LogP contribution < -0.4 is 4.74 Å². The molecule has 0 spiro atoms. The monoisotopic (exact) mass is 327 g/mol. The van der Waals surface area contributed by atoms with Gasteiger partial charge in [-0.05, 0) is 48.2 Å². The number of ether oxygens (including phenoxy) is 1. The van der Waals surface area contributed by atoms with Crippen molar-refractivity contribution in [2.75, 3.05) is 13.2 Å². The Labute approximate surface area is 139 Å². The van der Waals surface area contributed by atoms with Gasteiger partial charge in [-0.2, -0.15) is 0 Å². The predicted molar refractivity (Wildman–Crippen MR) is 86.8 cm³/mol. The Kier molecular flexibility index (Phi) is 3.73. The van der Waals surface area contributed by atoms with E-state index >= 15 is 0 Å². The Morgan fingerprint density at radius 1 is 1.21 bits per heavy atom. The molecule has 1 atom stereocenters. The minimum absolute atomic E-state index is 0.185. The zero-order valence-corrected chi connectivity index (χ0v) is 13.2. The molecule has 0 radical (unpaired) electrons. The second-order valence-electron chi connectivity index (χ2n) is 6.34.